The number of nitriles is 1. The lowest BCUT2D eigenvalue weighted by Gasteiger charge is -2.04. The molecule has 0 aliphatic rings. The van der Waals surface area contributed by atoms with E-state index < -0.39 is 0 Å². The highest BCUT2D eigenvalue weighted by Crippen LogP contribution is 2.00. The van der Waals surface area contributed by atoms with E-state index in [0.717, 1.165) is 11.4 Å². The molecular formula is C10H14N4O. The Morgan fingerprint density at radius 1 is 1.67 bits per heavy atom. The highest BCUT2D eigenvalue weighted by atomic mass is 16.2. The van der Waals surface area contributed by atoms with E-state index in [1.54, 1.807) is 4.68 Å². The summed E-state index contributed by atoms with van der Waals surface area (Å²) in [6.45, 7) is 4.40. The van der Waals surface area contributed by atoms with Gasteiger partial charge in [-0.05, 0) is 19.9 Å². The molecule has 1 aromatic rings. The van der Waals surface area contributed by atoms with Gasteiger partial charge in [-0.3, -0.25) is 9.48 Å². The number of amides is 1. The summed E-state index contributed by atoms with van der Waals surface area (Å²) in [5, 5.41) is 15.1. The number of hydrogen-bond donors (Lipinski definition) is 1. The zero-order chi connectivity index (χ0) is 11.3. The van der Waals surface area contributed by atoms with Gasteiger partial charge in [0.1, 0.15) is 6.54 Å². The van der Waals surface area contributed by atoms with Gasteiger partial charge in [0.2, 0.25) is 5.91 Å². The van der Waals surface area contributed by atoms with Gasteiger partial charge in [0, 0.05) is 12.2 Å². The molecule has 1 rings (SSSR count). The third-order valence-corrected chi connectivity index (χ3v) is 1.96. The van der Waals surface area contributed by atoms with Gasteiger partial charge in [0.05, 0.1) is 18.2 Å². The van der Waals surface area contributed by atoms with E-state index in [1.807, 2.05) is 26.0 Å². The number of hydrogen-bond acceptors (Lipinski definition) is 3. The molecule has 1 aromatic heterocycles. The van der Waals surface area contributed by atoms with Crippen LogP contribution in [0, 0.1) is 25.2 Å². The normalized spacial score (nSPS) is 9.67. The molecule has 0 bridgehead atoms. The minimum absolute atomic E-state index is 0.114. The first-order valence-electron chi connectivity index (χ1n) is 4.78. The van der Waals surface area contributed by atoms with Gasteiger partial charge < -0.3 is 5.32 Å². The number of aromatic nitrogens is 2. The number of rotatable bonds is 4. The molecule has 1 N–H and O–H groups in total. The van der Waals surface area contributed by atoms with Crippen molar-refractivity contribution in [3.63, 3.8) is 0 Å². The molecule has 5 nitrogen and oxygen atoms in total. The van der Waals surface area contributed by atoms with Gasteiger partial charge in [0.25, 0.3) is 0 Å². The molecule has 0 spiro atoms. The van der Waals surface area contributed by atoms with Crippen LogP contribution in [0.1, 0.15) is 17.8 Å². The first kappa shape index (κ1) is 11.2. The van der Waals surface area contributed by atoms with E-state index >= 15 is 0 Å². The molecular weight excluding hydrogens is 192 g/mol. The number of nitrogens with zero attached hydrogens (tertiary/aromatic N) is 3. The fourth-order valence-electron chi connectivity index (χ4n) is 1.28. The van der Waals surface area contributed by atoms with Crippen molar-refractivity contribution in [2.75, 3.05) is 6.54 Å². The number of carbonyl (C=O) groups is 1. The fourth-order valence-corrected chi connectivity index (χ4v) is 1.28. The van der Waals surface area contributed by atoms with Crippen LogP contribution in [0.4, 0.5) is 0 Å². The molecule has 0 unspecified atom stereocenters. The van der Waals surface area contributed by atoms with E-state index in [1.165, 1.54) is 0 Å². The standard InChI is InChI=1S/C10H14N4O/c1-8-6-9(2)14(13-8)7-10(15)12-5-3-4-11/h6H,3,5,7H2,1-2H3,(H,12,15). The summed E-state index contributed by atoms with van der Waals surface area (Å²) < 4.78 is 1.65. The Morgan fingerprint density at radius 2 is 2.40 bits per heavy atom. The van der Waals surface area contributed by atoms with Crippen LogP contribution in [0.2, 0.25) is 0 Å². The van der Waals surface area contributed by atoms with Gasteiger partial charge >= 0.3 is 0 Å². The maximum atomic E-state index is 11.4. The molecule has 0 atom stereocenters. The molecule has 0 saturated heterocycles. The lowest BCUT2D eigenvalue weighted by molar-refractivity contribution is -0.121. The van der Waals surface area contributed by atoms with Crippen molar-refractivity contribution in [2.45, 2.75) is 26.8 Å². The average molecular weight is 206 g/mol. The number of nitrogens with one attached hydrogen (secondary N) is 1. The summed E-state index contributed by atoms with van der Waals surface area (Å²) in [5.41, 5.74) is 1.86. The van der Waals surface area contributed by atoms with Crippen LogP contribution in [-0.4, -0.2) is 22.2 Å². The summed E-state index contributed by atoms with van der Waals surface area (Å²) in [6.07, 6.45) is 0.336. The van der Waals surface area contributed by atoms with Crippen molar-refractivity contribution in [1.29, 1.82) is 5.26 Å². The molecule has 15 heavy (non-hydrogen) atoms. The zero-order valence-corrected chi connectivity index (χ0v) is 8.95. The Morgan fingerprint density at radius 3 is 2.93 bits per heavy atom. The van der Waals surface area contributed by atoms with Gasteiger partial charge in [-0.25, -0.2) is 0 Å². The van der Waals surface area contributed by atoms with Crippen LogP contribution in [0.3, 0.4) is 0 Å². The van der Waals surface area contributed by atoms with Crippen LogP contribution in [0.25, 0.3) is 0 Å². The third-order valence-electron chi connectivity index (χ3n) is 1.96. The van der Waals surface area contributed by atoms with Gasteiger partial charge in [-0.15, -0.1) is 0 Å². The van der Waals surface area contributed by atoms with Crippen LogP contribution in [0.15, 0.2) is 6.07 Å². The molecule has 80 valence electrons. The SMILES string of the molecule is Cc1cc(C)n(CC(=O)NCCC#N)n1. The quantitative estimate of drug-likeness (QED) is 0.730. The van der Waals surface area contributed by atoms with Crippen molar-refractivity contribution >= 4 is 5.91 Å². The third kappa shape index (κ3) is 3.43. The maximum Gasteiger partial charge on any atom is 0.241 e. The Labute approximate surface area is 88.7 Å². The van der Waals surface area contributed by atoms with E-state index in [-0.39, 0.29) is 12.5 Å². The predicted octanol–water partition coefficient (Wildman–Crippen LogP) is 0.530. The van der Waals surface area contributed by atoms with Crippen molar-refractivity contribution in [2.24, 2.45) is 0 Å². The van der Waals surface area contributed by atoms with E-state index in [9.17, 15) is 4.79 Å². The van der Waals surface area contributed by atoms with E-state index in [2.05, 4.69) is 10.4 Å². The second kappa shape index (κ2) is 5.15. The molecule has 0 aliphatic carbocycles. The summed E-state index contributed by atoms with van der Waals surface area (Å²) >= 11 is 0. The van der Waals surface area contributed by atoms with E-state index in [4.69, 9.17) is 5.26 Å². The maximum absolute atomic E-state index is 11.4. The first-order valence-corrected chi connectivity index (χ1v) is 4.78. The number of aryl methyl sites for hydroxylation is 2. The smallest absolute Gasteiger partial charge is 0.241 e. The minimum Gasteiger partial charge on any atom is -0.353 e. The Hall–Kier alpha value is -1.83. The highest BCUT2D eigenvalue weighted by molar-refractivity contribution is 5.75. The van der Waals surface area contributed by atoms with Crippen molar-refractivity contribution in [3.05, 3.63) is 17.5 Å². The van der Waals surface area contributed by atoms with E-state index in [0.29, 0.717) is 13.0 Å². The van der Waals surface area contributed by atoms with Crippen LogP contribution in [0.5, 0.6) is 0 Å². The monoisotopic (exact) mass is 206 g/mol. The van der Waals surface area contributed by atoms with Crippen LogP contribution in [-0.2, 0) is 11.3 Å². The molecule has 0 saturated carbocycles. The topological polar surface area (TPSA) is 70.7 Å². The van der Waals surface area contributed by atoms with Gasteiger partial charge in [-0.2, -0.15) is 10.4 Å². The van der Waals surface area contributed by atoms with Crippen molar-refractivity contribution < 1.29 is 4.79 Å². The first-order chi connectivity index (χ1) is 7.13. The Balaban J connectivity index is 2.45. The fraction of sp³-hybridized carbons (Fsp3) is 0.500. The second-order valence-corrected chi connectivity index (χ2v) is 3.34. The van der Waals surface area contributed by atoms with Crippen LogP contribution >= 0.6 is 0 Å². The molecule has 0 aliphatic heterocycles. The largest absolute Gasteiger partial charge is 0.353 e. The molecule has 1 heterocycles. The summed E-state index contributed by atoms with van der Waals surface area (Å²) in [5.74, 6) is -0.114. The van der Waals surface area contributed by atoms with Crippen LogP contribution < -0.4 is 5.32 Å². The minimum atomic E-state index is -0.114. The Kier molecular flexibility index (Phi) is 3.86. The lowest BCUT2D eigenvalue weighted by Crippen LogP contribution is -2.29. The van der Waals surface area contributed by atoms with Gasteiger partial charge in [0.15, 0.2) is 0 Å². The molecule has 5 heteroatoms. The molecule has 0 fully saturated rings. The zero-order valence-electron chi connectivity index (χ0n) is 8.95. The van der Waals surface area contributed by atoms with Gasteiger partial charge in [-0.1, -0.05) is 0 Å². The Bertz CT molecular complexity index is 389. The highest BCUT2D eigenvalue weighted by Gasteiger charge is 2.05. The summed E-state index contributed by atoms with van der Waals surface area (Å²) in [7, 11) is 0. The number of carbonyl (C=O) groups excluding carboxylic acids is 1. The van der Waals surface area contributed by atoms with Crippen molar-refractivity contribution in [1.82, 2.24) is 15.1 Å². The lowest BCUT2D eigenvalue weighted by atomic mass is 10.4. The van der Waals surface area contributed by atoms with Crippen molar-refractivity contribution in [3.8, 4) is 6.07 Å². The molecule has 0 radical (unpaired) electrons. The molecule has 0 aromatic carbocycles. The summed E-state index contributed by atoms with van der Waals surface area (Å²) in [6, 6.07) is 3.88. The second-order valence-electron chi connectivity index (χ2n) is 3.34. The predicted molar refractivity (Wildman–Crippen MR) is 54.9 cm³/mol. The molecule has 1 amide bonds. The average Bonchev–Trinajstić information content (AvgIpc) is 2.45. The summed E-state index contributed by atoms with van der Waals surface area (Å²) in [4.78, 5) is 11.4.